The molecule has 1 aromatic rings. The van der Waals surface area contributed by atoms with Crippen LogP contribution in [-0.2, 0) is 4.74 Å². The van der Waals surface area contributed by atoms with Crippen molar-refractivity contribution in [3.63, 3.8) is 0 Å². The first kappa shape index (κ1) is 17.1. The molecule has 2 fully saturated rings. The molecule has 2 heterocycles. The van der Waals surface area contributed by atoms with Gasteiger partial charge in [0, 0.05) is 43.8 Å². The van der Waals surface area contributed by atoms with E-state index in [0.717, 1.165) is 52.1 Å². The van der Waals surface area contributed by atoms with Crippen molar-refractivity contribution in [3.05, 3.63) is 29.8 Å². The number of carbonyl (C=O) groups excluding carboxylic acids is 1. The molecular weight excluding hydrogens is 302 g/mol. The Morgan fingerprint density at radius 2 is 1.92 bits per heavy atom. The van der Waals surface area contributed by atoms with Crippen molar-refractivity contribution in [2.45, 2.75) is 26.7 Å². The molecule has 0 saturated carbocycles. The highest BCUT2D eigenvalue weighted by molar-refractivity contribution is 5.68. The third-order valence-corrected chi connectivity index (χ3v) is 5.17. The molecule has 2 saturated heterocycles. The van der Waals surface area contributed by atoms with Gasteiger partial charge in [0.25, 0.3) is 0 Å². The topological polar surface area (TPSA) is 44.8 Å². The number of carbonyl (C=O) groups is 1. The Balaban J connectivity index is 1.45. The van der Waals surface area contributed by atoms with E-state index >= 15 is 0 Å². The minimum Gasteiger partial charge on any atom is -0.449 e. The van der Waals surface area contributed by atoms with Crippen molar-refractivity contribution in [1.82, 2.24) is 10.2 Å². The lowest BCUT2D eigenvalue weighted by molar-refractivity contribution is 0.0495. The summed E-state index contributed by atoms with van der Waals surface area (Å²) in [7, 11) is 0. The fourth-order valence-electron chi connectivity index (χ4n) is 3.47. The fourth-order valence-corrected chi connectivity index (χ4v) is 3.47. The number of hydrogen-bond acceptors (Lipinski definition) is 4. The number of rotatable bonds is 3. The second-order valence-electron chi connectivity index (χ2n) is 7.46. The molecule has 2 aliphatic rings. The number of nitrogens with zero attached hydrogens (tertiary/aromatic N) is 2. The number of nitrogens with one attached hydrogen (secondary N) is 1. The van der Waals surface area contributed by atoms with E-state index in [2.05, 4.69) is 48.3 Å². The van der Waals surface area contributed by atoms with Gasteiger partial charge in [-0.25, -0.2) is 4.79 Å². The van der Waals surface area contributed by atoms with Crippen LogP contribution in [0, 0.1) is 12.3 Å². The Morgan fingerprint density at radius 3 is 2.54 bits per heavy atom. The quantitative estimate of drug-likeness (QED) is 0.925. The van der Waals surface area contributed by atoms with Crippen LogP contribution < -0.4 is 10.2 Å². The summed E-state index contributed by atoms with van der Waals surface area (Å²) >= 11 is 0. The summed E-state index contributed by atoms with van der Waals surface area (Å²) in [6.07, 6.45) is 2.11. The zero-order chi connectivity index (χ0) is 17.0. The van der Waals surface area contributed by atoms with Crippen LogP contribution in [0.25, 0.3) is 0 Å². The van der Waals surface area contributed by atoms with Gasteiger partial charge in [-0.1, -0.05) is 24.6 Å². The van der Waals surface area contributed by atoms with E-state index in [1.54, 1.807) is 0 Å². The lowest BCUT2D eigenvalue weighted by Gasteiger charge is -2.37. The van der Waals surface area contributed by atoms with Crippen molar-refractivity contribution in [1.29, 1.82) is 0 Å². The number of ether oxygens (including phenoxy) is 1. The molecular formula is C19H29N3O2. The maximum atomic E-state index is 12.3. The normalized spacial score (nSPS) is 24.8. The molecule has 0 aliphatic carbocycles. The predicted octanol–water partition coefficient (Wildman–Crippen LogP) is 2.64. The third kappa shape index (κ3) is 4.20. The molecule has 0 radical (unpaired) electrons. The van der Waals surface area contributed by atoms with Gasteiger partial charge in [0.05, 0.1) is 6.61 Å². The van der Waals surface area contributed by atoms with E-state index in [1.165, 1.54) is 11.3 Å². The van der Waals surface area contributed by atoms with Crippen LogP contribution >= 0.6 is 0 Å². The molecule has 24 heavy (non-hydrogen) atoms. The summed E-state index contributed by atoms with van der Waals surface area (Å²) in [5.74, 6) is 0. The molecule has 1 amide bonds. The summed E-state index contributed by atoms with van der Waals surface area (Å²) < 4.78 is 5.61. The number of piperidine rings is 1. The highest BCUT2D eigenvalue weighted by Crippen LogP contribution is 2.26. The molecule has 5 heteroatoms. The van der Waals surface area contributed by atoms with Crippen molar-refractivity contribution in [3.8, 4) is 0 Å². The van der Waals surface area contributed by atoms with Crippen LogP contribution in [-0.4, -0.2) is 56.9 Å². The van der Waals surface area contributed by atoms with Crippen LogP contribution in [0.5, 0.6) is 0 Å². The minimum absolute atomic E-state index is 0.0810. The average Bonchev–Trinajstić information content (AvgIpc) is 2.61. The number of aryl methyl sites for hydroxylation is 1. The van der Waals surface area contributed by atoms with Crippen LogP contribution in [0.4, 0.5) is 10.5 Å². The lowest BCUT2D eigenvalue weighted by atomic mass is 9.84. The zero-order valence-electron chi connectivity index (χ0n) is 14.9. The highest BCUT2D eigenvalue weighted by Gasteiger charge is 2.30. The molecule has 2 aliphatic heterocycles. The van der Waals surface area contributed by atoms with E-state index < -0.39 is 0 Å². The van der Waals surface area contributed by atoms with Gasteiger partial charge in [-0.05, 0) is 38.4 Å². The fraction of sp³-hybridized carbons (Fsp3) is 0.632. The smallest absolute Gasteiger partial charge is 0.409 e. The maximum absolute atomic E-state index is 12.3. The first-order chi connectivity index (χ1) is 11.6. The molecule has 1 N–H and O–H groups in total. The van der Waals surface area contributed by atoms with E-state index in [1.807, 2.05) is 4.90 Å². The molecule has 3 rings (SSSR count). The van der Waals surface area contributed by atoms with Gasteiger partial charge in [-0.15, -0.1) is 0 Å². The van der Waals surface area contributed by atoms with Gasteiger partial charge >= 0.3 is 6.09 Å². The summed E-state index contributed by atoms with van der Waals surface area (Å²) in [6, 6.07) is 8.57. The average molecular weight is 331 g/mol. The van der Waals surface area contributed by atoms with E-state index in [9.17, 15) is 4.79 Å². The molecule has 0 aromatic heterocycles. The summed E-state index contributed by atoms with van der Waals surface area (Å²) in [5.41, 5.74) is 2.58. The van der Waals surface area contributed by atoms with Crippen molar-refractivity contribution in [2.75, 3.05) is 50.8 Å². The SMILES string of the molecule is Cc1ccc(N2CCN(C(=O)OC[C@@]3(C)CCCNC3)CC2)cc1. The Kier molecular flexibility index (Phi) is 5.29. The van der Waals surface area contributed by atoms with Crippen LogP contribution in [0.2, 0.25) is 0 Å². The molecule has 132 valence electrons. The number of benzene rings is 1. The summed E-state index contributed by atoms with van der Waals surface area (Å²) in [5, 5.41) is 3.39. The molecule has 0 bridgehead atoms. The summed E-state index contributed by atoms with van der Waals surface area (Å²) in [6.45, 7) is 9.97. The van der Waals surface area contributed by atoms with E-state index in [0.29, 0.717) is 6.61 Å². The minimum atomic E-state index is -0.162. The predicted molar refractivity (Wildman–Crippen MR) is 96.5 cm³/mol. The molecule has 1 atom stereocenters. The van der Waals surface area contributed by atoms with Gasteiger partial charge in [0.1, 0.15) is 0 Å². The zero-order valence-corrected chi connectivity index (χ0v) is 14.9. The van der Waals surface area contributed by atoms with Crippen molar-refractivity contribution >= 4 is 11.8 Å². The lowest BCUT2D eigenvalue weighted by Crippen LogP contribution is -2.50. The highest BCUT2D eigenvalue weighted by atomic mass is 16.6. The third-order valence-electron chi connectivity index (χ3n) is 5.17. The van der Waals surface area contributed by atoms with Gasteiger partial charge in [0.2, 0.25) is 0 Å². The Bertz CT molecular complexity index is 544. The second kappa shape index (κ2) is 7.43. The van der Waals surface area contributed by atoms with Crippen molar-refractivity contribution in [2.24, 2.45) is 5.41 Å². The Hall–Kier alpha value is -1.75. The van der Waals surface area contributed by atoms with Gasteiger partial charge in [-0.2, -0.15) is 0 Å². The molecule has 5 nitrogen and oxygen atoms in total. The molecule has 0 unspecified atom stereocenters. The van der Waals surface area contributed by atoms with Gasteiger partial charge in [0.15, 0.2) is 0 Å². The monoisotopic (exact) mass is 331 g/mol. The van der Waals surface area contributed by atoms with Gasteiger partial charge < -0.3 is 19.9 Å². The largest absolute Gasteiger partial charge is 0.449 e. The Labute approximate surface area is 145 Å². The number of anilines is 1. The van der Waals surface area contributed by atoms with Crippen LogP contribution in [0.3, 0.4) is 0 Å². The first-order valence-electron chi connectivity index (χ1n) is 9.00. The molecule has 1 aromatic carbocycles. The Morgan fingerprint density at radius 1 is 1.21 bits per heavy atom. The maximum Gasteiger partial charge on any atom is 0.409 e. The van der Waals surface area contributed by atoms with Gasteiger partial charge in [-0.3, -0.25) is 0 Å². The van der Waals surface area contributed by atoms with Crippen LogP contribution in [0.1, 0.15) is 25.3 Å². The number of amides is 1. The first-order valence-corrected chi connectivity index (χ1v) is 9.00. The van der Waals surface area contributed by atoms with E-state index in [-0.39, 0.29) is 11.5 Å². The standard InChI is InChI=1S/C19H29N3O2/c1-16-4-6-17(7-5-16)21-10-12-22(13-11-21)18(23)24-15-19(2)8-3-9-20-14-19/h4-7,20H,3,8-15H2,1-2H3/t19-/m0/s1. The number of hydrogen-bond donors (Lipinski definition) is 1. The van der Waals surface area contributed by atoms with Crippen molar-refractivity contribution < 1.29 is 9.53 Å². The van der Waals surface area contributed by atoms with Crippen LogP contribution in [0.15, 0.2) is 24.3 Å². The molecule has 0 spiro atoms. The summed E-state index contributed by atoms with van der Waals surface area (Å²) in [4.78, 5) is 16.5. The second-order valence-corrected chi connectivity index (χ2v) is 7.46. The number of piperazine rings is 1. The van der Waals surface area contributed by atoms with E-state index in [4.69, 9.17) is 4.74 Å².